The van der Waals surface area contributed by atoms with E-state index in [1.54, 1.807) is 6.92 Å². The Bertz CT molecular complexity index is 306. The number of amides is 1. The van der Waals surface area contributed by atoms with Crippen LogP contribution in [0.4, 0.5) is 0 Å². The summed E-state index contributed by atoms with van der Waals surface area (Å²) < 4.78 is 0. The molecule has 1 unspecified atom stereocenters. The van der Waals surface area contributed by atoms with Crippen molar-refractivity contribution >= 4 is 11.9 Å². The highest BCUT2D eigenvalue weighted by atomic mass is 16.4. The number of carboxylic acid groups (broad SMARTS) is 1. The van der Waals surface area contributed by atoms with Gasteiger partial charge in [0.2, 0.25) is 5.91 Å². The Hall–Kier alpha value is -1.10. The lowest BCUT2D eigenvalue weighted by molar-refractivity contribution is -0.141. The summed E-state index contributed by atoms with van der Waals surface area (Å²) in [7, 11) is 0. The Morgan fingerprint density at radius 3 is 2.17 bits per heavy atom. The SMILES string of the molecule is CC(CCCNC(=O)C(C)(C)C(C)(C)N)C(=O)O. The first kappa shape index (κ1) is 16.9. The number of carboxylic acids is 1. The fourth-order valence-corrected chi connectivity index (χ4v) is 1.25. The van der Waals surface area contributed by atoms with Crippen LogP contribution in [0.15, 0.2) is 0 Å². The maximum absolute atomic E-state index is 12.0. The summed E-state index contributed by atoms with van der Waals surface area (Å²) in [6.07, 6.45) is 1.21. The molecule has 0 saturated heterocycles. The lowest BCUT2D eigenvalue weighted by Gasteiger charge is -2.36. The third-order valence-electron chi connectivity index (χ3n) is 3.70. The van der Waals surface area contributed by atoms with Gasteiger partial charge in [-0.2, -0.15) is 0 Å². The Kier molecular flexibility index (Phi) is 5.80. The molecule has 0 saturated carbocycles. The van der Waals surface area contributed by atoms with Crippen LogP contribution in [0.25, 0.3) is 0 Å². The molecule has 0 radical (unpaired) electrons. The van der Waals surface area contributed by atoms with E-state index < -0.39 is 16.9 Å². The van der Waals surface area contributed by atoms with E-state index in [0.717, 1.165) is 0 Å². The van der Waals surface area contributed by atoms with Crippen molar-refractivity contribution in [1.29, 1.82) is 0 Å². The molecule has 5 nitrogen and oxygen atoms in total. The smallest absolute Gasteiger partial charge is 0.306 e. The molecule has 0 aliphatic heterocycles. The van der Waals surface area contributed by atoms with Crippen LogP contribution < -0.4 is 11.1 Å². The zero-order valence-corrected chi connectivity index (χ0v) is 12.0. The number of hydrogen-bond acceptors (Lipinski definition) is 3. The minimum absolute atomic E-state index is 0.0991. The van der Waals surface area contributed by atoms with Gasteiger partial charge in [0, 0.05) is 12.1 Å². The third-order valence-corrected chi connectivity index (χ3v) is 3.70. The Morgan fingerprint density at radius 1 is 1.28 bits per heavy atom. The van der Waals surface area contributed by atoms with Gasteiger partial charge in [-0.3, -0.25) is 9.59 Å². The zero-order valence-electron chi connectivity index (χ0n) is 12.0. The van der Waals surface area contributed by atoms with Gasteiger partial charge in [0.25, 0.3) is 0 Å². The fraction of sp³-hybridized carbons (Fsp3) is 0.846. The first-order chi connectivity index (χ1) is 8.00. The lowest BCUT2D eigenvalue weighted by atomic mass is 9.74. The van der Waals surface area contributed by atoms with Crippen LogP contribution in [0.5, 0.6) is 0 Å². The van der Waals surface area contributed by atoms with Gasteiger partial charge in [0.1, 0.15) is 0 Å². The van der Waals surface area contributed by atoms with E-state index in [1.807, 2.05) is 27.7 Å². The molecule has 0 rings (SSSR count). The van der Waals surface area contributed by atoms with Crippen molar-refractivity contribution in [2.45, 2.75) is 53.0 Å². The molecule has 1 amide bonds. The monoisotopic (exact) mass is 258 g/mol. The average Bonchev–Trinajstić information content (AvgIpc) is 2.21. The van der Waals surface area contributed by atoms with Crippen molar-refractivity contribution in [3.63, 3.8) is 0 Å². The molecular weight excluding hydrogens is 232 g/mol. The van der Waals surface area contributed by atoms with E-state index >= 15 is 0 Å². The van der Waals surface area contributed by atoms with Crippen molar-refractivity contribution in [2.24, 2.45) is 17.1 Å². The minimum atomic E-state index is -0.801. The van der Waals surface area contributed by atoms with Crippen LogP contribution in [-0.4, -0.2) is 29.1 Å². The first-order valence-corrected chi connectivity index (χ1v) is 6.30. The van der Waals surface area contributed by atoms with E-state index in [9.17, 15) is 9.59 Å². The van der Waals surface area contributed by atoms with Crippen molar-refractivity contribution in [3.8, 4) is 0 Å². The molecular formula is C13H26N2O3. The second-order valence-corrected chi connectivity index (χ2v) is 5.98. The van der Waals surface area contributed by atoms with Gasteiger partial charge in [0.05, 0.1) is 11.3 Å². The molecule has 0 aliphatic carbocycles. The van der Waals surface area contributed by atoms with E-state index in [0.29, 0.717) is 19.4 Å². The van der Waals surface area contributed by atoms with Crippen LogP contribution in [0, 0.1) is 11.3 Å². The summed E-state index contributed by atoms with van der Waals surface area (Å²) in [6, 6.07) is 0. The van der Waals surface area contributed by atoms with E-state index in [1.165, 1.54) is 0 Å². The van der Waals surface area contributed by atoms with Crippen LogP contribution in [0.2, 0.25) is 0 Å². The molecule has 0 heterocycles. The number of nitrogens with two attached hydrogens (primary N) is 1. The summed E-state index contributed by atoms with van der Waals surface area (Å²) in [6.45, 7) is 9.40. The summed E-state index contributed by atoms with van der Waals surface area (Å²) >= 11 is 0. The molecule has 0 aliphatic rings. The fourth-order valence-electron chi connectivity index (χ4n) is 1.25. The second-order valence-electron chi connectivity index (χ2n) is 5.98. The molecule has 4 N–H and O–H groups in total. The zero-order chi connectivity index (χ0) is 14.6. The summed E-state index contributed by atoms with van der Waals surface area (Å²) in [4.78, 5) is 22.6. The molecule has 0 aromatic rings. The van der Waals surface area contributed by atoms with Gasteiger partial charge in [-0.05, 0) is 40.5 Å². The van der Waals surface area contributed by atoms with E-state index in [4.69, 9.17) is 10.8 Å². The summed E-state index contributed by atoms with van der Waals surface area (Å²) in [5, 5.41) is 11.5. The number of carbonyl (C=O) groups is 2. The predicted octanol–water partition coefficient (Wildman–Crippen LogP) is 1.37. The molecule has 1 atom stereocenters. The summed E-state index contributed by atoms with van der Waals surface area (Å²) in [5.74, 6) is -1.27. The standard InChI is InChI=1S/C13H26N2O3/c1-9(10(16)17)7-6-8-15-11(18)12(2,3)13(4,5)14/h9H,6-8,14H2,1-5H3,(H,15,18)(H,16,17). The number of hydrogen-bond donors (Lipinski definition) is 3. The quantitative estimate of drug-likeness (QED) is 0.601. The second kappa shape index (κ2) is 6.18. The average molecular weight is 258 g/mol. The van der Waals surface area contributed by atoms with Crippen molar-refractivity contribution in [2.75, 3.05) is 6.54 Å². The van der Waals surface area contributed by atoms with Crippen LogP contribution >= 0.6 is 0 Å². The molecule has 0 spiro atoms. The van der Waals surface area contributed by atoms with Gasteiger partial charge in [0.15, 0.2) is 0 Å². The highest BCUT2D eigenvalue weighted by Gasteiger charge is 2.40. The van der Waals surface area contributed by atoms with Gasteiger partial charge in [-0.25, -0.2) is 0 Å². The van der Waals surface area contributed by atoms with Crippen LogP contribution in [-0.2, 0) is 9.59 Å². The molecule has 0 bridgehead atoms. The van der Waals surface area contributed by atoms with Crippen molar-refractivity contribution in [1.82, 2.24) is 5.32 Å². The molecule has 0 aromatic heterocycles. The highest BCUT2D eigenvalue weighted by Crippen LogP contribution is 2.28. The highest BCUT2D eigenvalue weighted by molar-refractivity contribution is 5.83. The first-order valence-electron chi connectivity index (χ1n) is 6.30. The molecule has 106 valence electrons. The van der Waals surface area contributed by atoms with Crippen molar-refractivity contribution in [3.05, 3.63) is 0 Å². The Labute approximate surface area is 109 Å². The summed E-state index contributed by atoms with van der Waals surface area (Å²) in [5.41, 5.74) is 4.70. The number of rotatable bonds is 7. The van der Waals surface area contributed by atoms with E-state index in [2.05, 4.69) is 5.32 Å². The van der Waals surface area contributed by atoms with Crippen molar-refractivity contribution < 1.29 is 14.7 Å². The Balaban J connectivity index is 4.10. The lowest BCUT2D eigenvalue weighted by Crippen LogP contribution is -2.55. The van der Waals surface area contributed by atoms with Gasteiger partial charge >= 0.3 is 5.97 Å². The normalized spacial score (nSPS) is 14.1. The molecule has 18 heavy (non-hydrogen) atoms. The maximum atomic E-state index is 12.0. The molecule has 0 aromatic carbocycles. The Morgan fingerprint density at radius 2 is 1.78 bits per heavy atom. The van der Waals surface area contributed by atoms with Crippen LogP contribution in [0.1, 0.15) is 47.5 Å². The third kappa shape index (κ3) is 4.64. The number of carbonyl (C=O) groups excluding carboxylic acids is 1. The topological polar surface area (TPSA) is 92.4 Å². The minimum Gasteiger partial charge on any atom is -0.481 e. The predicted molar refractivity (Wildman–Crippen MR) is 71.1 cm³/mol. The number of aliphatic carboxylic acids is 1. The van der Waals surface area contributed by atoms with Gasteiger partial charge < -0.3 is 16.2 Å². The van der Waals surface area contributed by atoms with Crippen LogP contribution in [0.3, 0.4) is 0 Å². The molecule has 5 heteroatoms. The number of nitrogens with one attached hydrogen (secondary N) is 1. The van der Waals surface area contributed by atoms with Gasteiger partial charge in [-0.15, -0.1) is 0 Å². The largest absolute Gasteiger partial charge is 0.481 e. The maximum Gasteiger partial charge on any atom is 0.306 e. The van der Waals surface area contributed by atoms with E-state index in [-0.39, 0.29) is 11.8 Å². The molecule has 0 fully saturated rings. The van der Waals surface area contributed by atoms with Gasteiger partial charge in [-0.1, -0.05) is 6.92 Å².